The Morgan fingerprint density at radius 1 is 1.32 bits per heavy atom. The van der Waals surface area contributed by atoms with Crippen LogP contribution < -0.4 is 10.2 Å². The van der Waals surface area contributed by atoms with Crippen molar-refractivity contribution in [3.8, 4) is 0 Å². The van der Waals surface area contributed by atoms with Crippen LogP contribution in [0.15, 0.2) is 24.3 Å². The van der Waals surface area contributed by atoms with E-state index in [-0.39, 0.29) is 18.4 Å². The smallest absolute Gasteiger partial charge is 0.254 e. The van der Waals surface area contributed by atoms with E-state index in [2.05, 4.69) is 5.32 Å². The van der Waals surface area contributed by atoms with Gasteiger partial charge in [-0.25, -0.2) is 4.39 Å². The molecule has 0 bridgehead atoms. The minimum absolute atomic E-state index is 0.0413. The van der Waals surface area contributed by atoms with E-state index in [4.69, 9.17) is 0 Å². The average Bonchev–Trinajstić information content (AvgIpc) is 2.50. The minimum Gasteiger partial charge on any atom is -0.338 e. The van der Waals surface area contributed by atoms with Crippen LogP contribution in [0.4, 0.5) is 10.1 Å². The lowest BCUT2D eigenvalue weighted by molar-refractivity contribution is -0.124. The largest absolute Gasteiger partial charge is 0.338 e. The highest BCUT2D eigenvalue weighted by Gasteiger charge is 2.41. The van der Waals surface area contributed by atoms with Crippen molar-refractivity contribution >= 4 is 17.5 Å². The summed E-state index contributed by atoms with van der Waals surface area (Å²) in [7, 11) is 0. The van der Waals surface area contributed by atoms with Crippen LogP contribution in [0, 0.1) is 0 Å². The van der Waals surface area contributed by atoms with Crippen LogP contribution in [0.5, 0.6) is 0 Å². The van der Waals surface area contributed by atoms with Gasteiger partial charge in [0.05, 0.1) is 17.8 Å². The van der Waals surface area contributed by atoms with Crippen LogP contribution in [0.1, 0.15) is 30.6 Å². The van der Waals surface area contributed by atoms with Crippen molar-refractivity contribution in [2.24, 2.45) is 0 Å². The molecule has 2 amide bonds. The molecule has 1 aliphatic heterocycles. The zero-order valence-corrected chi connectivity index (χ0v) is 11.1. The van der Waals surface area contributed by atoms with Gasteiger partial charge in [0.25, 0.3) is 11.8 Å². The van der Waals surface area contributed by atoms with Crippen molar-refractivity contribution in [1.29, 1.82) is 0 Å². The van der Waals surface area contributed by atoms with Crippen LogP contribution in [0.25, 0.3) is 0 Å². The molecule has 5 heteroatoms. The lowest BCUT2D eigenvalue weighted by Gasteiger charge is -2.31. The third-order valence-electron chi connectivity index (χ3n) is 3.56. The number of rotatable bonds is 3. The van der Waals surface area contributed by atoms with E-state index in [9.17, 15) is 14.0 Å². The predicted molar refractivity (Wildman–Crippen MR) is 70.9 cm³/mol. The second-order valence-corrected chi connectivity index (χ2v) is 4.80. The third kappa shape index (κ3) is 2.20. The van der Waals surface area contributed by atoms with Gasteiger partial charge in [0.2, 0.25) is 0 Å². The van der Waals surface area contributed by atoms with Crippen LogP contribution in [0.3, 0.4) is 0 Å². The summed E-state index contributed by atoms with van der Waals surface area (Å²) in [6.45, 7) is 2.81. The molecule has 1 aromatic rings. The Morgan fingerprint density at radius 2 is 2.00 bits per heavy atom. The number of alkyl halides is 1. The Morgan fingerprint density at radius 3 is 2.63 bits per heavy atom. The fraction of sp³-hybridized carbons (Fsp3) is 0.429. The number of para-hydroxylation sites is 1. The van der Waals surface area contributed by atoms with Crippen molar-refractivity contribution in [2.75, 3.05) is 18.1 Å². The summed E-state index contributed by atoms with van der Waals surface area (Å²) < 4.78 is 12.7. The number of anilines is 1. The lowest BCUT2D eigenvalue weighted by atomic mass is 9.97. The first kappa shape index (κ1) is 13.5. The summed E-state index contributed by atoms with van der Waals surface area (Å²) in [5.41, 5.74) is -0.119. The Labute approximate surface area is 111 Å². The second kappa shape index (κ2) is 4.99. The highest BCUT2D eigenvalue weighted by Crippen LogP contribution is 2.28. The van der Waals surface area contributed by atoms with Crippen LogP contribution >= 0.6 is 0 Å². The summed E-state index contributed by atoms with van der Waals surface area (Å²) in [5, 5.41) is 2.75. The molecule has 4 nitrogen and oxygen atoms in total. The number of fused-ring (bicyclic) bond motifs is 1. The highest BCUT2D eigenvalue weighted by molar-refractivity contribution is 6.12. The molecular weight excluding hydrogens is 247 g/mol. The van der Waals surface area contributed by atoms with Gasteiger partial charge in [0, 0.05) is 0 Å². The fourth-order valence-electron chi connectivity index (χ4n) is 2.23. The van der Waals surface area contributed by atoms with E-state index in [0.717, 1.165) is 0 Å². The molecule has 0 radical (unpaired) electrons. The maximum absolute atomic E-state index is 12.7. The predicted octanol–water partition coefficient (Wildman–Crippen LogP) is 1.90. The van der Waals surface area contributed by atoms with Gasteiger partial charge in [-0.05, 0) is 25.5 Å². The molecule has 102 valence electrons. The minimum atomic E-state index is -0.995. The van der Waals surface area contributed by atoms with E-state index < -0.39 is 12.2 Å². The van der Waals surface area contributed by atoms with Gasteiger partial charge in [0.15, 0.2) is 0 Å². The summed E-state index contributed by atoms with van der Waals surface area (Å²) in [5.74, 6) is -0.569. The summed E-state index contributed by atoms with van der Waals surface area (Å²) in [6, 6.07) is 6.78. The molecule has 1 N–H and O–H groups in total. The van der Waals surface area contributed by atoms with Gasteiger partial charge in [-0.15, -0.1) is 0 Å². The molecule has 0 saturated carbocycles. The molecule has 1 aromatic carbocycles. The molecule has 1 atom stereocenters. The van der Waals surface area contributed by atoms with Gasteiger partial charge in [-0.2, -0.15) is 0 Å². The third-order valence-corrected chi connectivity index (χ3v) is 3.56. The number of amides is 2. The number of hydrogen-bond acceptors (Lipinski definition) is 2. The maximum atomic E-state index is 12.7. The van der Waals surface area contributed by atoms with Crippen LogP contribution in [0.2, 0.25) is 0 Å². The normalized spacial score (nSPS) is 22.8. The number of hydrogen-bond donors (Lipinski definition) is 1. The topological polar surface area (TPSA) is 49.4 Å². The summed E-state index contributed by atoms with van der Waals surface area (Å²) >= 11 is 0. The Bertz CT molecular complexity index is 518. The van der Waals surface area contributed by atoms with Gasteiger partial charge in [-0.3, -0.25) is 9.59 Å². The fourth-order valence-corrected chi connectivity index (χ4v) is 2.23. The first-order valence-electron chi connectivity index (χ1n) is 6.33. The van der Waals surface area contributed by atoms with E-state index in [1.807, 2.05) is 6.92 Å². The molecule has 0 saturated heterocycles. The number of nitrogens with zero attached hydrogens (tertiary/aromatic N) is 1. The number of carbonyl (C=O) groups is 2. The summed E-state index contributed by atoms with van der Waals surface area (Å²) in [6.07, 6.45) is 0.453. The maximum Gasteiger partial charge on any atom is 0.254 e. The van der Waals surface area contributed by atoms with Gasteiger partial charge < -0.3 is 10.2 Å². The molecule has 1 unspecified atom stereocenters. The molecule has 0 aliphatic carbocycles. The van der Waals surface area contributed by atoms with E-state index in [1.54, 1.807) is 31.2 Å². The molecule has 0 fully saturated rings. The highest BCUT2D eigenvalue weighted by atomic mass is 19.1. The lowest BCUT2D eigenvalue weighted by Crippen LogP contribution is -2.55. The van der Waals surface area contributed by atoms with Gasteiger partial charge >= 0.3 is 0 Å². The Kier molecular flexibility index (Phi) is 3.55. The SMILES string of the molecule is CCC1(C)NC(=O)c2ccccc2N(CCF)C1=O. The standard InChI is InChI=1S/C14H17FN2O2/c1-3-14(2)13(19)17(9-8-15)11-7-5-4-6-10(11)12(18)16-14/h4-7H,3,8-9H2,1-2H3,(H,16,18). The van der Waals surface area contributed by atoms with Crippen molar-refractivity contribution in [3.05, 3.63) is 29.8 Å². The van der Waals surface area contributed by atoms with Crippen molar-refractivity contribution in [3.63, 3.8) is 0 Å². The zero-order valence-electron chi connectivity index (χ0n) is 11.1. The Balaban J connectivity index is 2.57. The monoisotopic (exact) mass is 264 g/mol. The van der Waals surface area contributed by atoms with Gasteiger partial charge in [-0.1, -0.05) is 19.1 Å². The van der Waals surface area contributed by atoms with E-state index in [1.165, 1.54) is 4.90 Å². The molecule has 1 aliphatic rings. The molecule has 19 heavy (non-hydrogen) atoms. The van der Waals surface area contributed by atoms with E-state index >= 15 is 0 Å². The quantitative estimate of drug-likeness (QED) is 0.906. The van der Waals surface area contributed by atoms with Crippen molar-refractivity contribution < 1.29 is 14.0 Å². The summed E-state index contributed by atoms with van der Waals surface area (Å²) in [4.78, 5) is 26.1. The van der Waals surface area contributed by atoms with Crippen LogP contribution in [-0.4, -0.2) is 30.6 Å². The first-order valence-corrected chi connectivity index (χ1v) is 6.33. The van der Waals surface area contributed by atoms with Crippen molar-refractivity contribution in [1.82, 2.24) is 5.32 Å². The number of nitrogens with one attached hydrogen (secondary N) is 1. The molecule has 2 rings (SSSR count). The van der Waals surface area contributed by atoms with Gasteiger partial charge in [0.1, 0.15) is 12.2 Å². The number of halogens is 1. The first-order chi connectivity index (χ1) is 9.03. The van der Waals surface area contributed by atoms with Crippen LogP contribution in [-0.2, 0) is 4.79 Å². The molecule has 0 aromatic heterocycles. The number of benzene rings is 1. The van der Waals surface area contributed by atoms with Crippen molar-refractivity contribution in [2.45, 2.75) is 25.8 Å². The molecular formula is C14H17FN2O2. The second-order valence-electron chi connectivity index (χ2n) is 4.80. The zero-order chi connectivity index (χ0) is 14.0. The number of carbonyl (C=O) groups excluding carboxylic acids is 2. The Hall–Kier alpha value is -1.91. The molecule has 0 spiro atoms. The average molecular weight is 264 g/mol. The van der Waals surface area contributed by atoms with E-state index in [0.29, 0.717) is 17.7 Å². The molecule has 1 heterocycles.